The minimum Gasteiger partial charge on any atom is -0.491 e. The normalized spacial score (nSPS) is 11.0. The van der Waals surface area contributed by atoms with Crippen molar-refractivity contribution in [3.05, 3.63) is 48.5 Å². The number of hydrogen-bond acceptors (Lipinski definition) is 4. The molecule has 6 N–H and O–H groups in total. The van der Waals surface area contributed by atoms with Crippen LogP contribution in [0.15, 0.2) is 58.5 Å². The molecule has 2 aromatic carbocycles. The van der Waals surface area contributed by atoms with E-state index >= 15 is 0 Å². The first-order chi connectivity index (χ1) is 12.6. The van der Waals surface area contributed by atoms with Crippen molar-refractivity contribution in [3.63, 3.8) is 0 Å². The SMILES string of the molecule is CC(N)=NCCOc1ccccc1-c1ccccc1OCCN=C(N)N. The molecule has 138 valence electrons. The Bertz CT molecular complexity index is 701. The van der Waals surface area contributed by atoms with Crippen LogP contribution in [0.5, 0.6) is 11.5 Å². The molecule has 0 atom stereocenters. The molecule has 0 saturated carbocycles. The molecule has 7 nitrogen and oxygen atoms in total. The molecular weight excluding hydrogens is 330 g/mol. The highest BCUT2D eigenvalue weighted by Crippen LogP contribution is 2.36. The maximum Gasteiger partial charge on any atom is 0.186 e. The lowest BCUT2D eigenvalue weighted by Gasteiger charge is -2.15. The van der Waals surface area contributed by atoms with Crippen LogP contribution in [0.1, 0.15) is 6.92 Å². The van der Waals surface area contributed by atoms with Gasteiger partial charge in [0.15, 0.2) is 5.96 Å². The fraction of sp³-hybridized carbons (Fsp3) is 0.263. The number of rotatable bonds is 9. The maximum atomic E-state index is 5.88. The van der Waals surface area contributed by atoms with Crippen molar-refractivity contribution < 1.29 is 9.47 Å². The average Bonchev–Trinajstić information content (AvgIpc) is 2.63. The second-order valence-corrected chi connectivity index (χ2v) is 5.52. The first-order valence-corrected chi connectivity index (χ1v) is 8.34. The Hall–Kier alpha value is -3.22. The van der Waals surface area contributed by atoms with Crippen LogP contribution >= 0.6 is 0 Å². The topological polar surface area (TPSA) is 121 Å². The van der Waals surface area contributed by atoms with Crippen LogP contribution in [0.25, 0.3) is 11.1 Å². The smallest absolute Gasteiger partial charge is 0.186 e. The third-order valence-electron chi connectivity index (χ3n) is 3.42. The van der Waals surface area contributed by atoms with Crippen LogP contribution in [0, 0.1) is 0 Å². The number of nitrogens with two attached hydrogens (primary N) is 3. The van der Waals surface area contributed by atoms with Gasteiger partial charge in [0, 0.05) is 11.1 Å². The number of amidine groups is 1. The molecule has 0 aliphatic carbocycles. The van der Waals surface area contributed by atoms with Gasteiger partial charge in [-0.3, -0.25) is 9.98 Å². The van der Waals surface area contributed by atoms with E-state index in [1.54, 1.807) is 6.92 Å². The van der Waals surface area contributed by atoms with Crippen LogP contribution in [-0.2, 0) is 0 Å². The van der Waals surface area contributed by atoms with E-state index in [-0.39, 0.29) is 5.96 Å². The predicted octanol–water partition coefficient (Wildman–Crippen LogP) is 1.76. The number of benzene rings is 2. The summed E-state index contributed by atoms with van der Waals surface area (Å²) >= 11 is 0. The number of hydrogen-bond donors (Lipinski definition) is 3. The van der Waals surface area contributed by atoms with Crippen molar-refractivity contribution >= 4 is 11.8 Å². The molecule has 0 fully saturated rings. The standard InChI is InChI=1S/C19H25N5O2/c1-14(20)23-10-12-25-17-8-4-2-6-15(17)16-7-3-5-9-18(16)26-13-11-24-19(21)22/h2-9H,10-13H2,1H3,(H2,20,23)(H4,21,22,24). The van der Waals surface area contributed by atoms with Gasteiger partial charge in [-0.25, -0.2) is 0 Å². The molecule has 0 unspecified atom stereocenters. The van der Waals surface area contributed by atoms with Gasteiger partial charge in [-0.1, -0.05) is 36.4 Å². The number of nitrogens with zero attached hydrogens (tertiary/aromatic N) is 2. The first-order valence-electron chi connectivity index (χ1n) is 8.34. The lowest BCUT2D eigenvalue weighted by atomic mass is 10.0. The van der Waals surface area contributed by atoms with Gasteiger partial charge in [0.1, 0.15) is 24.7 Å². The Morgan fingerprint density at radius 1 is 0.769 bits per heavy atom. The van der Waals surface area contributed by atoms with Gasteiger partial charge in [0.05, 0.1) is 18.9 Å². The molecular formula is C19H25N5O2. The summed E-state index contributed by atoms with van der Waals surface area (Å²) in [6.07, 6.45) is 0. The van der Waals surface area contributed by atoms with Crippen molar-refractivity contribution in [2.45, 2.75) is 6.92 Å². The molecule has 7 heteroatoms. The summed E-state index contributed by atoms with van der Waals surface area (Å²) in [4.78, 5) is 8.06. The van der Waals surface area contributed by atoms with Gasteiger partial charge in [-0.2, -0.15) is 0 Å². The van der Waals surface area contributed by atoms with E-state index < -0.39 is 0 Å². The fourth-order valence-electron chi connectivity index (χ4n) is 2.34. The van der Waals surface area contributed by atoms with Crippen molar-refractivity contribution in [1.82, 2.24) is 0 Å². The second-order valence-electron chi connectivity index (χ2n) is 5.52. The highest BCUT2D eigenvalue weighted by molar-refractivity contribution is 5.77. The van der Waals surface area contributed by atoms with Gasteiger partial charge >= 0.3 is 0 Å². The maximum absolute atomic E-state index is 5.88. The van der Waals surface area contributed by atoms with Gasteiger partial charge < -0.3 is 26.7 Å². The van der Waals surface area contributed by atoms with Crippen LogP contribution in [0.3, 0.4) is 0 Å². The minimum atomic E-state index is 0.0519. The van der Waals surface area contributed by atoms with Crippen LogP contribution in [-0.4, -0.2) is 38.1 Å². The fourth-order valence-corrected chi connectivity index (χ4v) is 2.34. The molecule has 26 heavy (non-hydrogen) atoms. The minimum absolute atomic E-state index is 0.0519. The Labute approximate surface area is 153 Å². The molecule has 2 rings (SSSR count). The third kappa shape index (κ3) is 6.01. The highest BCUT2D eigenvalue weighted by Gasteiger charge is 2.11. The van der Waals surface area contributed by atoms with Crippen molar-refractivity contribution in [2.75, 3.05) is 26.3 Å². The molecule has 0 spiro atoms. The molecule has 0 amide bonds. The Morgan fingerprint density at radius 2 is 1.23 bits per heavy atom. The van der Waals surface area contributed by atoms with Gasteiger partial charge in [0.2, 0.25) is 0 Å². The Balaban J connectivity index is 2.15. The summed E-state index contributed by atoms with van der Waals surface area (Å²) in [7, 11) is 0. The summed E-state index contributed by atoms with van der Waals surface area (Å²) in [5.41, 5.74) is 18.1. The first kappa shape index (κ1) is 19.1. The van der Waals surface area contributed by atoms with E-state index in [9.17, 15) is 0 Å². The monoisotopic (exact) mass is 355 g/mol. The second kappa shape index (κ2) is 9.93. The summed E-state index contributed by atoms with van der Waals surface area (Å²) < 4.78 is 11.7. The zero-order valence-corrected chi connectivity index (χ0v) is 14.9. The van der Waals surface area contributed by atoms with Gasteiger partial charge in [-0.15, -0.1) is 0 Å². The van der Waals surface area contributed by atoms with Crippen molar-refractivity contribution in [3.8, 4) is 22.6 Å². The van der Waals surface area contributed by atoms with Crippen LogP contribution in [0.2, 0.25) is 0 Å². The number of para-hydroxylation sites is 2. The van der Waals surface area contributed by atoms with E-state index in [4.69, 9.17) is 26.7 Å². The summed E-state index contributed by atoms with van der Waals surface area (Å²) in [6, 6.07) is 15.6. The molecule has 0 aliphatic heterocycles. The zero-order valence-electron chi connectivity index (χ0n) is 14.9. The zero-order chi connectivity index (χ0) is 18.8. The van der Waals surface area contributed by atoms with Gasteiger partial charge in [-0.05, 0) is 19.1 Å². The average molecular weight is 355 g/mol. The van der Waals surface area contributed by atoms with Crippen LogP contribution < -0.4 is 26.7 Å². The highest BCUT2D eigenvalue weighted by atomic mass is 16.5. The molecule has 0 aliphatic rings. The van der Waals surface area contributed by atoms with Crippen molar-refractivity contribution in [2.24, 2.45) is 27.2 Å². The summed E-state index contributed by atoms with van der Waals surface area (Å²) in [5.74, 6) is 2.10. The largest absolute Gasteiger partial charge is 0.491 e. The lowest BCUT2D eigenvalue weighted by Crippen LogP contribution is -2.23. The number of aliphatic imine (C=N–C) groups is 2. The quantitative estimate of drug-likeness (QED) is 0.359. The molecule has 0 saturated heterocycles. The molecule has 0 aromatic heterocycles. The van der Waals surface area contributed by atoms with E-state index in [0.717, 1.165) is 22.6 Å². The summed E-state index contributed by atoms with van der Waals surface area (Å²) in [5, 5.41) is 0. The van der Waals surface area contributed by atoms with Crippen molar-refractivity contribution in [1.29, 1.82) is 0 Å². The lowest BCUT2D eigenvalue weighted by molar-refractivity contribution is 0.325. The van der Waals surface area contributed by atoms with Gasteiger partial charge in [0.25, 0.3) is 0 Å². The molecule has 2 aromatic rings. The number of ether oxygens (including phenoxy) is 2. The van der Waals surface area contributed by atoms with Crippen LogP contribution in [0.4, 0.5) is 0 Å². The summed E-state index contributed by atoms with van der Waals surface area (Å²) in [6.45, 7) is 3.48. The number of guanidine groups is 1. The van der Waals surface area contributed by atoms with E-state index in [0.29, 0.717) is 32.1 Å². The predicted molar refractivity (Wildman–Crippen MR) is 106 cm³/mol. The molecule has 0 bridgehead atoms. The Morgan fingerprint density at radius 3 is 1.69 bits per heavy atom. The van der Waals surface area contributed by atoms with E-state index in [1.165, 1.54) is 0 Å². The molecule has 0 radical (unpaired) electrons. The van der Waals surface area contributed by atoms with E-state index in [2.05, 4.69) is 9.98 Å². The van der Waals surface area contributed by atoms with E-state index in [1.807, 2.05) is 48.5 Å². The third-order valence-corrected chi connectivity index (χ3v) is 3.42. The molecule has 0 heterocycles. The Kier molecular flexibility index (Phi) is 7.30.